The second kappa shape index (κ2) is 6.67. The summed E-state index contributed by atoms with van der Waals surface area (Å²) in [6.07, 6.45) is 1.41. The average Bonchev–Trinajstić information content (AvgIpc) is 2.49. The summed E-state index contributed by atoms with van der Waals surface area (Å²) in [4.78, 5) is 13.1. The van der Waals surface area contributed by atoms with E-state index in [1.165, 1.54) is 11.1 Å². The molecule has 0 heterocycles. The largest absolute Gasteiger partial charge is 0.507 e. The van der Waals surface area contributed by atoms with Crippen molar-refractivity contribution in [2.75, 3.05) is 14.1 Å². The Labute approximate surface area is 123 Å². The quantitative estimate of drug-likeness (QED) is 0.577. The number of para-hydroxylation sites is 1. The second-order valence-electron chi connectivity index (χ2n) is 4.84. The van der Waals surface area contributed by atoms with E-state index >= 15 is 0 Å². The van der Waals surface area contributed by atoms with Gasteiger partial charge in [0.2, 0.25) is 0 Å². The lowest BCUT2D eigenvalue weighted by Gasteiger charge is -2.06. The van der Waals surface area contributed by atoms with Crippen LogP contribution in [0.25, 0.3) is 0 Å². The van der Waals surface area contributed by atoms with Crippen LogP contribution in [0.4, 0.5) is 5.69 Å². The number of hydrogen-bond donors (Lipinski definition) is 3. The molecule has 5 nitrogen and oxygen atoms in total. The molecule has 0 bridgehead atoms. The normalized spacial score (nSPS) is 11.0. The fourth-order valence-corrected chi connectivity index (χ4v) is 1.78. The van der Waals surface area contributed by atoms with Crippen molar-refractivity contribution >= 4 is 17.8 Å². The van der Waals surface area contributed by atoms with Crippen LogP contribution in [0.3, 0.4) is 0 Å². The van der Waals surface area contributed by atoms with Crippen LogP contribution in [0, 0.1) is 0 Å². The number of amides is 1. The van der Waals surface area contributed by atoms with Gasteiger partial charge < -0.3 is 10.0 Å². The molecule has 3 N–H and O–H groups in total. The Balaban J connectivity index is 2.00. The molecule has 0 aliphatic carbocycles. The molecular weight excluding hydrogens is 266 g/mol. The number of phenols is 1. The number of rotatable bonds is 4. The monoisotopic (exact) mass is 284 g/mol. The molecular formula is C16H18N3O2+. The molecule has 0 aliphatic heterocycles. The Morgan fingerprint density at radius 1 is 1.14 bits per heavy atom. The summed E-state index contributed by atoms with van der Waals surface area (Å²) in [5.74, 6) is -0.171. The molecule has 1 amide bonds. The van der Waals surface area contributed by atoms with Crippen LogP contribution in [0.2, 0.25) is 0 Å². The SMILES string of the molecule is C[NH+](C)c1ccc(C(=O)N/N=C/c2ccccc2O)cc1. The van der Waals surface area contributed by atoms with Gasteiger partial charge in [-0.05, 0) is 36.4 Å². The first kappa shape index (κ1) is 14.7. The maximum absolute atomic E-state index is 11.9. The minimum absolute atomic E-state index is 0.119. The first-order valence-corrected chi connectivity index (χ1v) is 6.60. The number of quaternary nitrogens is 1. The average molecular weight is 284 g/mol. The lowest BCUT2D eigenvalue weighted by Crippen LogP contribution is -3.00. The van der Waals surface area contributed by atoms with Crippen LogP contribution < -0.4 is 10.3 Å². The number of phenolic OH excluding ortho intramolecular Hbond substituents is 1. The van der Waals surface area contributed by atoms with Crippen LogP contribution in [0.5, 0.6) is 5.75 Å². The van der Waals surface area contributed by atoms with Crippen LogP contribution in [-0.4, -0.2) is 31.3 Å². The molecule has 21 heavy (non-hydrogen) atoms. The van der Waals surface area contributed by atoms with Gasteiger partial charge in [0.05, 0.1) is 20.3 Å². The number of benzene rings is 2. The molecule has 0 saturated carbocycles. The molecule has 2 aromatic carbocycles. The summed E-state index contributed by atoms with van der Waals surface area (Å²) in [5, 5.41) is 13.4. The molecule has 2 rings (SSSR count). The summed E-state index contributed by atoms with van der Waals surface area (Å²) in [6.45, 7) is 0. The van der Waals surface area contributed by atoms with Crippen molar-refractivity contribution in [2.24, 2.45) is 5.10 Å². The number of hydrogen-bond acceptors (Lipinski definition) is 3. The predicted octanol–water partition coefficient (Wildman–Crippen LogP) is 0.932. The zero-order valence-corrected chi connectivity index (χ0v) is 12.0. The highest BCUT2D eigenvalue weighted by Gasteiger charge is 2.06. The van der Waals surface area contributed by atoms with Gasteiger partial charge in [-0.25, -0.2) is 5.43 Å². The van der Waals surface area contributed by atoms with Gasteiger partial charge in [0.1, 0.15) is 11.4 Å². The van der Waals surface area contributed by atoms with Crippen LogP contribution in [0.1, 0.15) is 15.9 Å². The Hall–Kier alpha value is -2.66. The molecule has 0 aliphatic rings. The van der Waals surface area contributed by atoms with E-state index in [1.807, 2.05) is 26.2 Å². The fraction of sp³-hybridized carbons (Fsp3) is 0.125. The molecule has 2 aromatic rings. The summed E-state index contributed by atoms with van der Waals surface area (Å²) >= 11 is 0. The molecule has 0 atom stereocenters. The van der Waals surface area contributed by atoms with E-state index in [4.69, 9.17) is 0 Å². The lowest BCUT2D eigenvalue weighted by atomic mass is 10.2. The Morgan fingerprint density at radius 3 is 2.43 bits per heavy atom. The smallest absolute Gasteiger partial charge is 0.271 e. The molecule has 0 unspecified atom stereocenters. The molecule has 0 aromatic heterocycles. The van der Waals surface area contributed by atoms with Gasteiger partial charge in [-0.3, -0.25) is 4.79 Å². The van der Waals surface area contributed by atoms with Crippen LogP contribution >= 0.6 is 0 Å². The van der Waals surface area contributed by atoms with Gasteiger partial charge in [0, 0.05) is 11.1 Å². The Morgan fingerprint density at radius 2 is 1.81 bits per heavy atom. The summed E-state index contributed by atoms with van der Waals surface area (Å²) in [6, 6.07) is 14.1. The Kier molecular flexibility index (Phi) is 4.68. The van der Waals surface area contributed by atoms with Gasteiger partial charge in [-0.15, -0.1) is 0 Å². The van der Waals surface area contributed by atoms with E-state index in [1.54, 1.807) is 36.4 Å². The number of carbonyl (C=O) groups excluding carboxylic acids is 1. The number of nitrogens with one attached hydrogen (secondary N) is 2. The molecule has 0 radical (unpaired) electrons. The van der Waals surface area contributed by atoms with Crippen molar-refractivity contribution in [3.05, 3.63) is 59.7 Å². The zero-order chi connectivity index (χ0) is 15.2. The maximum Gasteiger partial charge on any atom is 0.271 e. The third kappa shape index (κ3) is 3.90. The van der Waals surface area contributed by atoms with E-state index in [0.29, 0.717) is 11.1 Å². The third-order valence-corrected chi connectivity index (χ3v) is 3.03. The molecule has 0 fully saturated rings. The summed E-state index contributed by atoms with van der Waals surface area (Å²) in [5.41, 5.74) is 4.62. The highest BCUT2D eigenvalue weighted by Crippen LogP contribution is 2.12. The molecule has 0 saturated heterocycles. The minimum atomic E-state index is -0.290. The molecule has 0 spiro atoms. The van der Waals surface area contributed by atoms with E-state index < -0.39 is 0 Å². The maximum atomic E-state index is 11.9. The first-order valence-electron chi connectivity index (χ1n) is 6.60. The van der Waals surface area contributed by atoms with E-state index in [0.717, 1.165) is 5.69 Å². The Bertz CT molecular complexity index is 649. The molecule has 108 valence electrons. The number of carbonyl (C=O) groups is 1. The van der Waals surface area contributed by atoms with E-state index in [2.05, 4.69) is 10.5 Å². The van der Waals surface area contributed by atoms with Crippen LogP contribution in [0.15, 0.2) is 53.6 Å². The van der Waals surface area contributed by atoms with E-state index in [-0.39, 0.29) is 11.7 Å². The van der Waals surface area contributed by atoms with Gasteiger partial charge in [0.15, 0.2) is 0 Å². The standard InChI is InChI=1S/C16H17N3O2/c1-19(2)14-9-7-12(8-10-14)16(21)18-17-11-13-5-3-4-6-15(13)20/h3-11,20H,1-2H3,(H,18,21)/p+1/b17-11+. The van der Waals surface area contributed by atoms with Gasteiger partial charge in [0.25, 0.3) is 5.91 Å². The topological polar surface area (TPSA) is 66.1 Å². The number of aromatic hydroxyl groups is 1. The van der Waals surface area contributed by atoms with Gasteiger partial charge in [-0.2, -0.15) is 5.10 Å². The zero-order valence-electron chi connectivity index (χ0n) is 12.0. The fourth-order valence-electron chi connectivity index (χ4n) is 1.78. The second-order valence-corrected chi connectivity index (χ2v) is 4.84. The van der Waals surface area contributed by atoms with E-state index in [9.17, 15) is 9.90 Å². The van der Waals surface area contributed by atoms with Crippen LogP contribution in [-0.2, 0) is 0 Å². The third-order valence-electron chi connectivity index (χ3n) is 3.03. The lowest BCUT2D eigenvalue weighted by molar-refractivity contribution is -0.786. The highest BCUT2D eigenvalue weighted by atomic mass is 16.3. The number of nitrogens with zero attached hydrogens (tertiary/aromatic N) is 1. The van der Waals surface area contributed by atoms with Gasteiger partial charge in [-0.1, -0.05) is 12.1 Å². The van der Waals surface area contributed by atoms with Crippen molar-refractivity contribution < 1.29 is 14.8 Å². The van der Waals surface area contributed by atoms with Gasteiger partial charge >= 0.3 is 0 Å². The number of hydrazone groups is 1. The van der Waals surface area contributed by atoms with Crippen molar-refractivity contribution in [3.63, 3.8) is 0 Å². The van der Waals surface area contributed by atoms with Crippen molar-refractivity contribution in [3.8, 4) is 5.75 Å². The predicted molar refractivity (Wildman–Crippen MR) is 82.1 cm³/mol. The highest BCUT2D eigenvalue weighted by molar-refractivity contribution is 5.95. The molecule has 5 heteroatoms. The first-order chi connectivity index (χ1) is 10.1. The minimum Gasteiger partial charge on any atom is -0.507 e. The van der Waals surface area contributed by atoms with Crippen molar-refractivity contribution in [1.29, 1.82) is 0 Å². The van der Waals surface area contributed by atoms with Crippen molar-refractivity contribution in [2.45, 2.75) is 0 Å². The van der Waals surface area contributed by atoms with Crippen molar-refractivity contribution in [1.82, 2.24) is 5.43 Å². The summed E-state index contributed by atoms with van der Waals surface area (Å²) < 4.78 is 0. The summed E-state index contributed by atoms with van der Waals surface area (Å²) in [7, 11) is 4.04.